The van der Waals surface area contributed by atoms with E-state index in [2.05, 4.69) is 42.3 Å². The van der Waals surface area contributed by atoms with E-state index in [-0.39, 0.29) is 5.91 Å². The van der Waals surface area contributed by atoms with Gasteiger partial charge in [-0.2, -0.15) is 0 Å². The molecule has 0 radical (unpaired) electrons. The van der Waals surface area contributed by atoms with Crippen LogP contribution in [0.2, 0.25) is 0 Å². The molecule has 0 bridgehead atoms. The summed E-state index contributed by atoms with van der Waals surface area (Å²) in [5.41, 5.74) is 3.57. The van der Waals surface area contributed by atoms with E-state index >= 15 is 0 Å². The van der Waals surface area contributed by atoms with Crippen LogP contribution in [-0.4, -0.2) is 10.9 Å². The predicted octanol–water partition coefficient (Wildman–Crippen LogP) is 4.42. The van der Waals surface area contributed by atoms with Crippen molar-refractivity contribution in [3.63, 3.8) is 0 Å². The highest BCUT2D eigenvalue weighted by molar-refractivity contribution is 7.21. The summed E-state index contributed by atoms with van der Waals surface area (Å²) < 4.78 is 0. The lowest BCUT2D eigenvalue weighted by Crippen LogP contribution is -2.22. The number of thiazole rings is 1. The van der Waals surface area contributed by atoms with Crippen LogP contribution in [0.4, 0.5) is 0 Å². The number of thiophene rings is 1. The van der Waals surface area contributed by atoms with Crippen LogP contribution in [-0.2, 0) is 6.54 Å². The molecule has 112 valence electrons. The first-order valence-corrected chi connectivity index (χ1v) is 8.67. The summed E-state index contributed by atoms with van der Waals surface area (Å²) in [6, 6.07) is 10.3. The van der Waals surface area contributed by atoms with Gasteiger partial charge in [0.15, 0.2) is 0 Å². The van der Waals surface area contributed by atoms with Crippen molar-refractivity contribution in [3.05, 3.63) is 63.5 Å². The molecule has 0 unspecified atom stereocenters. The Labute approximate surface area is 137 Å². The minimum Gasteiger partial charge on any atom is -0.347 e. The maximum absolute atomic E-state index is 12.2. The van der Waals surface area contributed by atoms with Gasteiger partial charge >= 0.3 is 0 Å². The third-order valence-corrected chi connectivity index (χ3v) is 5.43. The lowest BCUT2D eigenvalue weighted by atomic mass is 10.1. The van der Waals surface area contributed by atoms with Crippen LogP contribution >= 0.6 is 22.7 Å². The molecule has 22 heavy (non-hydrogen) atoms. The van der Waals surface area contributed by atoms with E-state index in [9.17, 15) is 4.79 Å². The second kappa shape index (κ2) is 6.42. The number of carbonyl (C=O) groups excluding carboxylic acids is 1. The first-order valence-electron chi connectivity index (χ1n) is 6.97. The van der Waals surface area contributed by atoms with Crippen LogP contribution in [0.3, 0.4) is 0 Å². The van der Waals surface area contributed by atoms with Gasteiger partial charge in [-0.3, -0.25) is 4.79 Å². The zero-order chi connectivity index (χ0) is 15.5. The second-order valence-corrected chi connectivity index (χ2v) is 7.10. The van der Waals surface area contributed by atoms with Gasteiger partial charge in [0.25, 0.3) is 5.91 Å². The molecule has 3 rings (SSSR count). The summed E-state index contributed by atoms with van der Waals surface area (Å²) in [5, 5.41) is 5.87. The second-order valence-electron chi connectivity index (χ2n) is 5.12. The lowest BCUT2D eigenvalue weighted by Gasteiger charge is -2.07. The number of carbonyl (C=O) groups is 1. The van der Waals surface area contributed by atoms with Crippen molar-refractivity contribution in [2.45, 2.75) is 20.4 Å². The number of hydrogen-bond donors (Lipinski definition) is 1. The molecule has 2 aromatic heterocycles. The Bertz CT molecular complexity index is 791. The molecule has 1 aromatic carbocycles. The summed E-state index contributed by atoms with van der Waals surface area (Å²) in [4.78, 5) is 18.3. The predicted molar refractivity (Wildman–Crippen MR) is 92.5 cm³/mol. The average molecular weight is 328 g/mol. The third-order valence-electron chi connectivity index (χ3n) is 3.40. The maximum atomic E-state index is 12.2. The van der Waals surface area contributed by atoms with E-state index < -0.39 is 0 Å². The molecule has 0 atom stereocenters. The topological polar surface area (TPSA) is 42.0 Å². The fourth-order valence-electron chi connectivity index (χ4n) is 2.20. The SMILES string of the molecule is Cc1ccc(CNC(=O)c2cnc(-c3cccs3)s2)c(C)c1. The van der Waals surface area contributed by atoms with Gasteiger partial charge in [-0.15, -0.1) is 22.7 Å². The lowest BCUT2D eigenvalue weighted by molar-refractivity contribution is 0.0954. The van der Waals surface area contributed by atoms with E-state index in [0.29, 0.717) is 11.4 Å². The van der Waals surface area contributed by atoms with E-state index in [0.717, 1.165) is 15.4 Å². The Balaban J connectivity index is 1.67. The van der Waals surface area contributed by atoms with Crippen LogP contribution in [0.25, 0.3) is 9.88 Å². The number of amides is 1. The van der Waals surface area contributed by atoms with Crippen molar-refractivity contribution in [2.75, 3.05) is 0 Å². The zero-order valence-electron chi connectivity index (χ0n) is 12.4. The third kappa shape index (κ3) is 3.26. The number of nitrogens with one attached hydrogen (secondary N) is 1. The maximum Gasteiger partial charge on any atom is 0.263 e. The normalized spacial score (nSPS) is 10.6. The highest BCUT2D eigenvalue weighted by Gasteiger charge is 2.12. The monoisotopic (exact) mass is 328 g/mol. The Kier molecular flexibility index (Phi) is 4.36. The van der Waals surface area contributed by atoms with E-state index in [4.69, 9.17) is 0 Å². The van der Waals surface area contributed by atoms with Crippen LogP contribution in [0.1, 0.15) is 26.4 Å². The number of rotatable bonds is 4. The van der Waals surface area contributed by atoms with Crippen LogP contribution in [0.15, 0.2) is 41.9 Å². The van der Waals surface area contributed by atoms with E-state index in [1.807, 2.05) is 17.5 Å². The summed E-state index contributed by atoms with van der Waals surface area (Å²) in [5.74, 6) is -0.0692. The molecule has 0 aliphatic heterocycles. The van der Waals surface area contributed by atoms with Crippen LogP contribution in [0, 0.1) is 13.8 Å². The van der Waals surface area contributed by atoms with Crippen LogP contribution < -0.4 is 5.32 Å². The quantitative estimate of drug-likeness (QED) is 0.770. The van der Waals surface area contributed by atoms with E-state index in [1.54, 1.807) is 17.5 Å². The Morgan fingerprint density at radius 2 is 2.14 bits per heavy atom. The van der Waals surface area contributed by atoms with Gasteiger partial charge in [-0.1, -0.05) is 29.8 Å². The molecule has 1 amide bonds. The fourth-order valence-corrected chi connectivity index (χ4v) is 3.84. The molecule has 3 nitrogen and oxygen atoms in total. The van der Waals surface area contributed by atoms with Gasteiger partial charge in [-0.05, 0) is 36.4 Å². The van der Waals surface area contributed by atoms with E-state index in [1.165, 1.54) is 22.5 Å². The summed E-state index contributed by atoms with van der Waals surface area (Å²) in [6.07, 6.45) is 1.65. The minimum atomic E-state index is -0.0692. The standard InChI is InChI=1S/C17H16N2OS2/c1-11-5-6-13(12(2)8-11)9-18-16(20)15-10-19-17(22-15)14-4-3-7-21-14/h3-8,10H,9H2,1-2H3,(H,18,20). The molecular formula is C17H16N2OS2. The highest BCUT2D eigenvalue weighted by Crippen LogP contribution is 2.28. The highest BCUT2D eigenvalue weighted by atomic mass is 32.1. The smallest absolute Gasteiger partial charge is 0.263 e. The molecule has 2 heterocycles. The largest absolute Gasteiger partial charge is 0.347 e. The first kappa shape index (κ1) is 14.9. The van der Waals surface area contributed by atoms with Crippen molar-refractivity contribution in [1.82, 2.24) is 10.3 Å². The molecule has 5 heteroatoms. The zero-order valence-corrected chi connectivity index (χ0v) is 14.1. The number of hydrogen-bond acceptors (Lipinski definition) is 4. The molecule has 0 saturated carbocycles. The van der Waals surface area contributed by atoms with Crippen molar-refractivity contribution in [2.24, 2.45) is 0 Å². The van der Waals surface area contributed by atoms with Gasteiger partial charge in [0.05, 0.1) is 11.1 Å². The van der Waals surface area contributed by atoms with Gasteiger partial charge in [-0.25, -0.2) is 4.98 Å². The first-order chi connectivity index (χ1) is 10.6. The number of aryl methyl sites for hydroxylation is 2. The number of aromatic nitrogens is 1. The molecule has 0 aliphatic carbocycles. The number of benzene rings is 1. The van der Waals surface area contributed by atoms with Gasteiger partial charge in [0.2, 0.25) is 0 Å². The number of nitrogens with zero attached hydrogens (tertiary/aromatic N) is 1. The summed E-state index contributed by atoms with van der Waals surface area (Å²) in [6.45, 7) is 4.67. The Hall–Kier alpha value is -1.98. The van der Waals surface area contributed by atoms with Gasteiger partial charge < -0.3 is 5.32 Å². The molecule has 0 fully saturated rings. The van der Waals surface area contributed by atoms with Crippen molar-refractivity contribution in [1.29, 1.82) is 0 Å². The summed E-state index contributed by atoms with van der Waals surface area (Å²) in [7, 11) is 0. The van der Waals surface area contributed by atoms with Crippen LogP contribution in [0.5, 0.6) is 0 Å². The van der Waals surface area contributed by atoms with Crippen molar-refractivity contribution >= 4 is 28.6 Å². The van der Waals surface area contributed by atoms with Gasteiger partial charge in [0.1, 0.15) is 9.88 Å². The molecule has 0 aliphatic rings. The average Bonchev–Trinajstić information content (AvgIpc) is 3.17. The molecule has 1 N–H and O–H groups in total. The molecule has 3 aromatic rings. The fraction of sp³-hybridized carbons (Fsp3) is 0.176. The van der Waals surface area contributed by atoms with Gasteiger partial charge in [0, 0.05) is 6.54 Å². The summed E-state index contributed by atoms with van der Waals surface area (Å²) >= 11 is 3.06. The Morgan fingerprint density at radius 3 is 2.86 bits per heavy atom. The molecule has 0 saturated heterocycles. The Morgan fingerprint density at radius 1 is 1.27 bits per heavy atom. The molecule has 0 spiro atoms. The molecular weight excluding hydrogens is 312 g/mol. The van der Waals surface area contributed by atoms with Crippen molar-refractivity contribution < 1.29 is 4.79 Å². The minimum absolute atomic E-state index is 0.0692. The van der Waals surface area contributed by atoms with Crippen molar-refractivity contribution in [3.8, 4) is 9.88 Å².